The van der Waals surface area contributed by atoms with Crippen molar-refractivity contribution in [3.05, 3.63) is 16.6 Å². The van der Waals surface area contributed by atoms with Crippen LogP contribution in [0, 0.1) is 13.8 Å². The molecular weight excluding hydrogens is 236 g/mol. The predicted molar refractivity (Wildman–Crippen MR) is 66.9 cm³/mol. The number of rotatable bonds is 5. The Morgan fingerprint density at radius 1 is 1.29 bits per heavy atom. The van der Waals surface area contributed by atoms with Crippen LogP contribution < -0.4 is 5.32 Å². The number of nitrogens with one attached hydrogen (secondary N) is 1. The van der Waals surface area contributed by atoms with Crippen molar-refractivity contribution in [2.24, 2.45) is 0 Å². The van der Waals surface area contributed by atoms with E-state index < -0.39 is 0 Å². The quantitative estimate of drug-likeness (QED) is 0.827. The van der Waals surface area contributed by atoms with Crippen LogP contribution in [0.3, 0.4) is 0 Å². The molecule has 1 N–H and O–H groups in total. The Balaban J connectivity index is 2.10. The van der Waals surface area contributed by atoms with Crippen molar-refractivity contribution in [3.63, 3.8) is 0 Å². The summed E-state index contributed by atoms with van der Waals surface area (Å²) in [7, 11) is 0. The zero-order chi connectivity index (χ0) is 12.3. The third-order valence-electron chi connectivity index (χ3n) is 2.27. The molecule has 5 nitrogen and oxygen atoms in total. The van der Waals surface area contributed by atoms with E-state index in [1.807, 2.05) is 13.8 Å². The van der Waals surface area contributed by atoms with Crippen molar-refractivity contribution < 1.29 is 4.42 Å². The average Bonchev–Trinajstić information content (AvgIpc) is 2.86. The van der Waals surface area contributed by atoms with Gasteiger partial charge in [-0.3, -0.25) is 0 Å². The molecule has 0 amide bonds. The normalized spacial score (nSPS) is 11.0. The van der Waals surface area contributed by atoms with Gasteiger partial charge in [0.1, 0.15) is 4.88 Å². The van der Waals surface area contributed by atoms with Crippen molar-refractivity contribution in [3.8, 4) is 10.8 Å². The van der Waals surface area contributed by atoms with E-state index in [2.05, 4.69) is 27.4 Å². The van der Waals surface area contributed by atoms with Gasteiger partial charge in [0, 0.05) is 0 Å². The van der Waals surface area contributed by atoms with E-state index in [1.165, 1.54) is 0 Å². The zero-order valence-electron chi connectivity index (χ0n) is 10.3. The summed E-state index contributed by atoms with van der Waals surface area (Å²) >= 11 is 1.58. The van der Waals surface area contributed by atoms with Crippen LogP contribution in [-0.2, 0) is 6.54 Å². The van der Waals surface area contributed by atoms with Gasteiger partial charge in [-0.15, -0.1) is 21.5 Å². The van der Waals surface area contributed by atoms with Gasteiger partial charge < -0.3 is 9.73 Å². The Hall–Kier alpha value is -1.27. The number of aromatic nitrogens is 3. The Morgan fingerprint density at radius 2 is 2.12 bits per heavy atom. The van der Waals surface area contributed by atoms with Crippen molar-refractivity contribution in [1.29, 1.82) is 0 Å². The van der Waals surface area contributed by atoms with Crippen molar-refractivity contribution in [2.75, 3.05) is 6.54 Å². The van der Waals surface area contributed by atoms with Crippen molar-refractivity contribution in [2.45, 2.75) is 33.7 Å². The molecule has 0 saturated heterocycles. The Labute approximate surface area is 104 Å². The molecule has 0 saturated carbocycles. The molecule has 0 fully saturated rings. The third kappa shape index (κ3) is 2.89. The fourth-order valence-electron chi connectivity index (χ4n) is 1.52. The molecule has 0 aliphatic rings. The molecule has 0 unspecified atom stereocenters. The van der Waals surface area contributed by atoms with Crippen LogP contribution in [0.25, 0.3) is 10.8 Å². The number of nitrogens with zero attached hydrogens (tertiary/aromatic N) is 3. The molecule has 92 valence electrons. The van der Waals surface area contributed by atoms with Gasteiger partial charge in [0.2, 0.25) is 5.89 Å². The molecular formula is C11H16N4OS. The van der Waals surface area contributed by atoms with Crippen LogP contribution in [-0.4, -0.2) is 21.7 Å². The minimum Gasteiger partial charge on any atom is -0.418 e. The summed E-state index contributed by atoms with van der Waals surface area (Å²) in [6.45, 7) is 7.63. The summed E-state index contributed by atoms with van der Waals surface area (Å²) < 4.78 is 5.60. The molecule has 0 aromatic carbocycles. The maximum Gasteiger partial charge on any atom is 0.259 e. The third-order valence-corrected chi connectivity index (χ3v) is 3.33. The summed E-state index contributed by atoms with van der Waals surface area (Å²) in [6.07, 6.45) is 1.09. The molecule has 17 heavy (non-hydrogen) atoms. The van der Waals surface area contributed by atoms with Gasteiger partial charge in [0.25, 0.3) is 5.89 Å². The van der Waals surface area contributed by atoms with E-state index in [1.54, 1.807) is 11.3 Å². The van der Waals surface area contributed by atoms with Crippen LogP contribution in [0.2, 0.25) is 0 Å². The van der Waals surface area contributed by atoms with Gasteiger partial charge in [-0.05, 0) is 26.8 Å². The minimum absolute atomic E-state index is 0.571. The second-order valence-electron chi connectivity index (χ2n) is 3.83. The van der Waals surface area contributed by atoms with Crippen LogP contribution in [0.5, 0.6) is 0 Å². The number of thiazole rings is 1. The van der Waals surface area contributed by atoms with E-state index in [-0.39, 0.29) is 0 Å². The number of hydrogen-bond acceptors (Lipinski definition) is 6. The van der Waals surface area contributed by atoms with Crippen molar-refractivity contribution in [1.82, 2.24) is 20.5 Å². The van der Waals surface area contributed by atoms with Crippen LogP contribution >= 0.6 is 11.3 Å². The maximum absolute atomic E-state index is 5.60. The van der Waals surface area contributed by atoms with E-state index in [4.69, 9.17) is 4.42 Å². The van der Waals surface area contributed by atoms with Gasteiger partial charge in [0.05, 0.1) is 17.2 Å². The lowest BCUT2D eigenvalue weighted by molar-refractivity contribution is 0.478. The van der Waals surface area contributed by atoms with Gasteiger partial charge in [0.15, 0.2) is 0 Å². The highest BCUT2D eigenvalue weighted by Crippen LogP contribution is 2.28. The molecule has 2 aromatic heterocycles. The fraction of sp³-hybridized carbons (Fsp3) is 0.545. The first-order chi connectivity index (χ1) is 8.20. The Bertz CT molecular complexity index is 491. The molecule has 0 aliphatic heterocycles. The highest BCUT2D eigenvalue weighted by molar-refractivity contribution is 7.15. The maximum atomic E-state index is 5.60. The van der Waals surface area contributed by atoms with E-state index in [0.29, 0.717) is 18.3 Å². The summed E-state index contributed by atoms with van der Waals surface area (Å²) in [5, 5.41) is 12.3. The van der Waals surface area contributed by atoms with E-state index in [9.17, 15) is 0 Å². The molecule has 2 aromatic rings. The largest absolute Gasteiger partial charge is 0.418 e. The van der Waals surface area contributed by atoms with Gasteiger partial charge in [-0.1, -0.05) is 6.92 Å². The van der Waals surface area contributed by atoms with Crippen molar-refractivity contribution >= 4 is 11.3 Å². The molecule has 0 aliphatic carbocycles. The average molecular weight is 252 g/mol. The first-order valence-electron chi connectivity index (χ1n) is 5.68. The Kier molecular flexibility index (Phi) is 3.86. The standard InChI is InChI=1S/C11H16N4OS/c1-4-5-12-6-9-14-15-11(16-9)10-7(2)13-8(3)17-10/h12H,4-6H2,1-3H3. The summed E-state index contributed by atoms with van der Waals surface area (Å²) in [4.78, 5) is 5.32. The van der Waals surface area contributed by atoms with E-state index >= 15 is 0 Å². The summed E-state index contributed by atoms with van der Waals surface area (Å²) in [5.41, 5.74) is 0.948. The van der Waals surface area contributed by atoms with Crippen LogP contribution in [0.4, 0.5) is 0 Å². The zero-order valence-corrected chi connectivity index (χ0v) is 11.1. The van der Waals surface area contributed by atoms with Crippen LogP contribution in [0.15, 0.2) is 4.42 Å². The first kappa shape index (κ1) is 12.2. The van der Waals surface area contributed by atoms with Gasteiger partial charge in [-0.2, -0.15) is 0 Å². The molecule has 6 heteroatoms. The highest BCUT2D eigenvalue weighted by Gasteiger charge is 2.14. The predicted octanol–water partition coefficient (Wildman–Crippen LogP) is 2.31. The first-order valence-corrected chi connectivity index (χ1v) is 6.50. The lowest BCUT2D eigenvalue weighted by Gasteiger charge is -1.96. The number of aryl methyl sites for hydroxylation is 2. The lowest BCUT2D eigenvalue weighted by atomic mass is 10.4. The van der Waals surface area contributed by atoms with Gasteiger partial charge >= 0.3 is 0 Å². The lowest BCUT2D eigenvalue weighted by Crippen LogP contribution is -2.13. The van der Waals surface area contributed by atoms with E-state index in [0.717, 1.165) is 28.5 Å². The second-order valence-corrected chi connectivity index (χ2v) is 5.03. The summed E-state index contributed by atoms with van der Waals surface area (Å²) in [5.74, 6) is 1.19. The van der Waals surface area contributed by atoms with Crippen LogP contribution in [0.1, 0.15) is 29.9 Å². The monoisotopic (exact) mass is 252 g/mol. The molecule has 0 bridgehead atoms. The molecule has 2 rings (SSSR count). The molecule has 0 spiro atoms. The molecule has 0 atom stereocenters. The highest BCUT2D eigenvalue weighted by atomic mass is 32.1. The summed E-state index contributed by atoms with van der Waals surface area (Å²) in [6, 6.07) is 0. The smallest absolute Gasteiger partial charge is 0.259 e. The fourth-order valence-corrected chi connectivity index (χ4v) is 2.36. The molecule has 0 radical (unpaired) electrons. The van der Waals surface area contributed by atoms with Gasteiger partial charge in [-0.25, -0.2) is 4.98 Å². The second kappa shape index (κ2) is 5.37. The minimum atomic E-state index is 0.571. The molecule has 2 heterocycles. The topological polar surface area (TPSA) is 63.8 Å². The number of hydrogen-bond donors (Lipinski definition) is 1. The SMILES string of the molecule is CCCNCc1nnc(-c2sc(C)nc2C)o1. The Morgan fingerprint density at radius 3 is 2.76 bits per heavy atom.